The molecule has 1 aliphatic rings. The number of ether oxygens (including phenoxy) is 2. The lowest BCUT2D eigenvalue weighted by Crippen LogP contribution is -2.42. The Morgan fingerprint density at radius 2 is 2.10 bits per heavy atom. The minimum Gasteiger partial charge on any atom is -0.455 e. The first-order valence-corrected chi connectivity index (χ1v) is 11.3. The van der Waals surface area contributed by atoms with Gasteiger partial charge in [0.25, 0.3) is 0 Å². The molecule has 0 saturated carbocycles. The Kier molecular flexibility index (Phi) is 11.8. The van der Waals surface area contributed by atoms with Crippen molar-refractivity contribution < 1.29 is 43.7 Å². The van der Waals surface area contributed by atoms with E-state index in [9.17, 15) is 24.5 Å². The van der Waals surface area contributed by atoms with Crippen LogP contribution in [0.2, 0.25) is 0 Å². The molecule has 0 aromatic carbocycles. The van der Waals surface area contributed by atoms with Crippen LogP contribution in [0.1, 0.15) is 19.8 Å². The minimum absolute atomic E-state index is 0.0874. The summed E-state index contributed by atoms with van der Waals surface area (Å²) in [6.45, 7) is 1.30. The van der Waals surface area contributed by atoms with Crippen molar-refractivity contribution in [2.45, 2.75) is 43.7 Å². The highest BCUT2D eigenvalue weighted by molar-refractivity contribution is 7.52. The average Bonchev–Trinajstić information content (AvgIpc) is 2.72. The summed E-state index contributed by atoms with van der Waals surface area (Å²) in [6.07, 6.45) is 11.9. The molecule has 31 heavy (non-hydrogen) atoms. The highest BCUT2D eigenvalue weighted by Crippen LogP contribution is 2.40. The lowest BCUT2D eigenvalue weighted by atomic mass is 9.92. The largest absolute Gasteiger partial charge is 0.455 e. The van der Waals surface area contributed by atoms with Gasteiger partial charge in [-0.1, -0.05) is 48.6 Å². The third kappa shape index (κ3) is 11.3. The molecule has 0 radical (unpaired) electrons. The molecule has 0 aromatic heterocycles. The van der Waals surface area contributed by atoms with Gasteiger partial charge in [-0.15, -0.1) is 0 Å². The number of carbonyl (C=O) groups excluding carboxylic acids is 1. The topological polar surface area (TPSA) is 169 Å². The van der Waals surface area contributed by atoms with Crippen molar-refractivity contribution in [1.29, 1.82) is 0 Å². The van der Waals surface area contributed by atoms with Crippen LogP contribution in [-0.2, 0) is 23.5 Å². The number of esters is 1. The minimum atomic E-state index is -4.23. The van der Waals surface area contributed by atoms with E-state index in [0.717, 1.165) is 0 Å². The lowest BCUT2D eigenvalue weighted by molar-refractivity contribution is -0.141. The fourth-order valence-corrected chi connectivity index (χ4v) is 2.94. The molecule has 0 amide bonds. The van der Waals surface area contributed by atoms with E-state index in [0.29, 0.717) is 6.42 Å². The Morgan fingerprint density at radius 3 is 2.74 bits per heavy atom. The highest BCUT2D eigenvalue weighted by atomic mass is 31.2. The summed E-state index contributed by atoms with van der Waals surface area (Å²) in [5.41, 5.74) is -1.70. The van der Waals surface area contributed by atoms with Crippen LogP contribution in [0.15, 0.2) is 60.8 Å². The van der Waals surface area contributed by atoms with E-state index in [4.69, 9.17) is 20.5 Å². The van der Waals surface area contributed by atoms with Crippen molar-refractivity contribution in [2.24, 2.45) is 5.90 Å². The van der Waals surface area contributed by atoms with Crippen LogP contribution in [0.3, 0.4) is 0 Å². The monoisotopic (exact) mass is 459 g/mol. The lowest BCUT2D eigenvalue weighted by Gasteiger charge is -2.32. The standard InChI is InChI=1S/C20H30NO9P/c1-20(25,12-11-17-9-7-10-19(24)29-17)18(28-15-31(26,27)30-21)14-16(23)8-5-3-2-4-6-13-22/h2-8,10-12,16-18,22-23,25H,9,13-15,21H2,1H3,(H,26,27)/b3-2-,6-4+,8-5-,12-11+/t16-,17+,18?,20+/m0/s1. The van der Waals surface area contributed by atoms with Crippen molar-refractivity contribution in [3.05, 3.63) is 60.8 Å². The molecule has 0 bridgehead atoms. The molecule has 174 valence electrons. The third-order valence-electron chi connectivity index (χ3n) is 4.16. The molecule has 2 unspecified atom stereocenters. The second kappa shape index (κ2) is 13.5. The van der Waals surface area contributed by atoms with Gasteiger partial charge >= 0.3 is 13.6 Å². The van der Waals surface area contributed by atoms with Crippen molar-refractivity contribution in [3.8, 4) is 0 Å². The number of aliphatic hydroxyl groups excluding tert-OH is 2. The number of aliphatic hydroxyl groups is 3. The summed E-state index contributed by atoms with van der Waals surface area (Å²) >= 11 is 0. The van der Waals surface area contributed by atoms with E-state index >= 15 is 0 Å². The molecule has 0 aliphatic carbocycles. The first kappa shape index (κ1) is 27.2. The Bertz CT molecular complexity index is 758. The van der Waals surface area contributed by atoms with Gasteiger partial charge in [0, 0.05) is 18.9 Å². The van der Waals surface area contributed by atoms with Crippen molar-refractivity contribution in [3.63, 3.8) is 0 Å². The van der Waals surface area contributed by atoms with Gasteiger partial charge in [0.1, 0.15) is 18.1 Å². The molecular weight excluding hydrogens is 429 g/mol. The zero-order valence-corrected chi connectivity index (χ0v) is 18.1. The third-order valence-corrected chi connectivity index (χ3v) is 4.96. The predicted octanol–water partition coefficient (Wildman–Crippen LogP) is 0.996. The van der Waals surface area contributed by atoms with Crippen LogP contribution in [0, 0.1) is 0 Å². The van der Waals surface area contributed by atoms with E-state index < -0.39 is 43.8 Å². The maximum Gasteiger partial charge on any atom is 0.369 e. The van der Waals surface area contributed by atoms with E-state index in [2.05, 4.69) is 4.62 Å². The van der Waals surface area contributed by atoms with Crippen LogP contribution in [0.4, 0.5) is 0 Å². The smallest absolute Gasteiger partial charge is 0.369 e. The Morgan fingerprint density at radius 1 is 1.39 bits per heavy atom. The van der Waals surface area contributed by atoms with Gasteiger partial charge in [-0.3, -0.25) is 4.57 Å². The normalized spacial score (nSPS) is 23.4. The molecule has 0 spiro atoms. The van der Waals surface area contributed by atoms with Gasteiger partial charge in [0.2, 0.25) is 0 Å². The molecule has 5 atom stereocenters. The van der Waals surface area contributed by atoms with E-state index in [1.54, 1.807) is 30.4 Å². The van der Waals surface area contributed by atoms with Crippen LogP contribution in [0.25, 0.3) is 0 Å². The number of cyclic esters (lactones) is 1. The zero-order valence-electron chi connectivity index (χ0n) is 17.2. The van der Waals surface area contributed by atoms with Gasteiger partial charge in [-0.25, -0.2) is 15.3 Å². The van der Waals surface area contributed by atoms with Crippen molar-refractivity contribution in [2.75, 3.05) is 13.0 Å². The van der Waals surface area contributed by atoms with Crippen LogP contribution in [0.5, 0.6) is 0 Å². The quantitative estimate of drug-likeness (QED) is 0.0880. The first-order chi connectivity index (χ1) is 14.6. The van der Waals surface area contributed by atoms with Crippen LogP contribution < -0.4 is 5.90 Å². The highest BCUT2D eigenvalue weighted by Gasteiger charge is 2.34. The number of rotatable bonds is 13. The van der Waals surface area contributed by atoms with Gasteiger partial charge in [0.15, 0.2) is 0 Å². The van der Waals surface area contributed by atoms with Crippen LogP contribution in [-0.4, -0.2) is 63.1 Å². The van der Waals surface area contributed by atoms with E-state index in [1.165, 1.54) is 37.3 Å². The molecular formula is C20H30NO9P. The average molecular weight is 459 g/mol. The summed E-state index contributed by atoms with van der Waals surface area (Å²) in [5.74, 6) is 4.27. The van der Waals surface area contributed by atoms with E-state index in [1.807, 2.05) is 0 Å². The first-order valence-electron chi connectivity index (χ1n) is 9.49. The van der Waals surface area contributed by atoms with Crippen molar-refractivity contribution in [1.82, 2.24) is 0 Å². The maximum absolute atomic E-state index is 11.6. The molecule has 1 aliphatic heterocycles. The fraction of sp³-hybridized carbons (Fsp3) is 0.450. The summed E-state index contributed by atoms with van der Waals surface area (Å²) in [7, 11) is -4.23. The van der Waals surface area contributed by atoms with E-state index in [-0.39, 0.29) is 13.0 Å². The number of hydrogen-bond donors (Lipinski definition) is 5. The van der Waals surface area contributed by atoms with Gasteiger partial charge in [-0.2, -0.15) is 0 Å². The van der Waals surface area contributed by atoms with Gasteiger partial charge < -0.3 is 29.7 Å². The Labute approximate surface area is 181 Å². The molecule has 0 aromatic rings. The molecule has 10 nitrogen and oxygen atoms in total. The van der Waals surface area contributed by atoms with Gasteiger partial charge in [0.05, 0.1) is 18.8 Å². The Balaban J connectivity index is 2.87. The summed E-state index contributed by atoms with van der Waals surface area (Å²) in [5, 5.41) is 29.8. The number of nitrogens with two attached hydrogens (primary N) is 1. The predicted molar refractivity (Wildman–Crippen MR) is 113 cm³/mol. The second-order valence-corrected chi connectivity index (χ2v) is 8.65. The van der Waals surface area contributed by atoms with Crippen molar-refractivity contribution >= 4 is 13.6 Å². The molecule has 1 heterocycles. The summed E-state index contributed by atoms with van der Waals surface area (Å²) < 4.78 is 26.1. The second-order valence-electron chi connectivity index (χ2n) is 6.91. The maximum atomic E-state index is 11.6. The molecule has 11 heteroatoms. The summed E-state index contributed by atoms with van der Waals surface area (Å²) in [6, 6.07) is 0. The molecule has 0 fully saturated rings. The summed E-state index contributed by atoms with van der Waals surface area (Å²) in [4.78, 5) is 20.8. The molecule has 0 saturated heterocycles. The molecule has 6 N–H and O–H groups in total. The van der Waals surface area contributed by atoms with Gasteiger partial charge in [-0.05, 0) is 13.0 Å². The number of hydrogen-bond acceptors (Lipinski definition) is 9. The molecule has 1 rings (SSSR count). The SMILES string of the molecule is C[C@@](O)(/C=C/[C@H]1CC=CC(=O)O1)C(C[C@@H](O)\C=C/C=C\C=C\CO)OCP(=O)(O)ON. The number of carbonyl (C=O) groups is 1. The Hall–Kier alpha value is -1.88. The van der Waals surface area contributed by atoms with Crippen LogP contribution >= 0.6 is 7.60 Å². The zero-order chi connectivity index (χ0) is 23.3. The number of allylic oxidation sites excluding steroid dienone is 4. The fourth-order valence-electron chi connectivity index (χ4n) is 2.51.